The van der Waals surface area contributed by atoms with E-state index >= 15 is 0 Å². The molecule has 3 fully saturated rings. The minimum atomic E-state index is -0.408. The summed E-state index contributed by atoms with van der Waals surface area (Å²) < 4.78 is 5.35. The summed E-state index contributed by atoms with van der Waals surface area (Å²) in [5.41, 5.74) is 6.45. The van der Waals surface area contributed by atoms with Gasteiger partial charge in [-0.1, -0.05) is 36.9 Å². The van der Waals surface area contributed by atoms with E-state index in [4.69, 9.17) is 22.1 Å². The highest BCUT2D eigenvalue weighted by molar-refractivity contribution is 6.33. The van der Waals surface area contributed by atoms with Crippen LogP contribution in [0.25, 0.3) is 11.3 Å². The summed E-state index contributed by atoms with van der Waals surface area (Å²) in [5, 5.41) is 26.3. The molecule has 2 aromatic rings. The van der Waals surface area contributed by atoms with Gasteiger partial charge in [0, 0.05) is 44.1 Å². The average Bonchev–Trinajstić information content (AvgIpc) is 3.67. The molecule has 3 heterocycles. The minimum absolute atomic E-state index is 0.308. The number of nitrogen functional groups attached to an aromatic ring is 1. The highest BCUT2D eigenvalue weighted by Gasteiger charge is 2.40. The second-order valence-corrected chi connectivity index (χ2v) is 10.7. The SMILES string of the molecule is N#CC1(CNc2cccc(-c3cc(N)ncc3Cl)n2)CCOCC1.OC1(CNC2CCCCC2)CC1. The Balaban J connectivity index is 0.000000211. The maximum atomic E-state index is 9.60. The molecule has 0 radical (unpaired) electrons. The number of rotatable bonds is 7. The molecule has 36 heavy (non-hydrogen) atoms. The van der Waals surface area contributed by atoms with Crippen LogP contribution in [0, 0.1) is 16.7 Å². The number of pyridine rings is 2. The third-order valence-electron chi connectivity index (χ3n) is 7.35. The summed E-state index contributed by atoms with van der Waals surface area (Å²) in [7, 11) is 0. The molecule has 1 aliphatic heterocycles. The molecule has 2 saturated carbocycles. The van der Waals surface area contributed by atoms with E-state index in [1.807, 2.05) is 18.2 Å². The predicted octanol–water partition coefficient (Wildman–Crippen LogP) is 4.55. The van der Waals surface area contributed by atoms with Crippen molar-refractivity contribution in [2.75, 3.05) is 37.4 Å². The molecule has 194 valence electrons. The Morgan fingerprint density at radius 3 is 2.58 bits per heavy atom. The zero-order valence-corrected chi connectivity index (χ0v) is 21.6. The normalized spacial score (nSPS) is 20.5. The van der Waals surface area contributed by atoms with Gasteiger partial charge in [-0.3, -0.25) is 0 Å². The van der Waals surface area contributed by atoms with Crippen molar-refractivity contribution in [2.45, 2.75) is 69.4 Å². The van der Waals surface area contributed by atoms with Gasteiger partial charge in [0.15, 0.2) is 0 Å². The van der Waals surface area contributed by atoms with E-state index in [1.54, 1.807) is 6.07 Å². The Labute approximate surface area is 218 Å². The quantitative estimate of drug-likeness (QED) is 0.425. The summed E-state index contributed by atoms with van der Waals surface area (Å²) in [6.07, 6.45) is 11.8. The average molecular weight is 513 g/mol. The lowest BCUT2D eigenvalue weighted by Gasteiger charge is -2.30. The van der Waals surface area contributed by atoms with Crippen LogP contribution in [0.3, 0.4) is 0 Å². The number of hydrogen-bond acceptors (Lipinski definition) is 8. The fourth-order valence-electron chi connectivity index (χ4n) is 4.65. The molecule has 2 aliphatic carbocycles. The molecule has 0 amide bonds. The summed E-state index contributed by atoms with van der Waals surface area (Å²) in [5.74, 6) is 1.08. The number of nitrogens with zero attached hydrogens (tertiary/aromatic N) is 3. The Morgan fingerprint density at radius 1 is 1.14 bits per heavy atom. The van der Waals surface area contributed by atoms with Gasteiger partial charge in [-0.05, 0) is 56.7 Å². The van der Waals surface area contributed by atoms with Crippen molar-refractivity contribution >= 4 is 23.2 Å². The first kappa shape index (κ1) is 26.6. The molecular formula is C27H37ClN6O2. The summed E-state index contributed by atoms with van der Waals surface area (Å²) >= 11 is 6.19. The smallest absolute Gasteiger partial charge is 0.126 e. The van der Waals surface area contributed by atoms with Crippen molar-refractivity contribution in [3.05, 3.63) is 35.5 Å². The molecule has 8 nitrogen and oxygen atoms in total. The van der Waals surface area contributed by atoms with Crippen molar-refractivity contribution in [1.29, 1.82) is 5.26 Å². The maximum Gasteiger partial charge on any atom is 0.126 e. The number of aromatic nitrogens is 2. The van der Waals surface area contributed by atoms with Crippen LogP contribution in [0.4, 0.5) is 11.6 Å². The standard InChI is InChI=1S/C17H18ClN5O.C10H19NO/c18-13-9-21-15(20)8-12(13)14-2-1-3-16(23-14)22-11-17(10-19)4-6-24-7-5-17;12-10(6-7-10)8-11-9-4-2-1-3-5-9/h1-3,8-9H,4-7,11H2,(H2,20,21)(H,22,23);9,11-12H,1-8H2. The number of aliphatic hydroxyl groups is 1. The topological polar surface area (TPSA) is 129 Å². The molecule has 2 aromatic heterocycles. The van der Waals surface area contributed by atoms with E-state index < -0.39 is 5.41 Å². The van der Waals surface area contributed by atoms with E-state index in [1.165, 1.54) is 38.3 Å². The van der Waals surface area contributed by atoms with E-state index in [-0.39, 0.29) is 5.60 Å². The molecule has 0 bridgehead atoms. The number of halogens is 1. The van der Waals surface area contributed by atoms with Gasteiger partial charge in [-0.15, -0.1) is 0 Å². The van der Waals surface area contributed by atoms with Crippen LogP contribution in [-0.2, 0) is 4.74 Å². The Kier molecular flexibility index (Phi) is 9.02. The van der Waals surface area contributed by atoms with Crippen LogP contribution < -0.4 is 16.4 Å². The first-order chi connectivity index (χ1) is 17.4. The zero-order valence-electron chi connectivity index (χ0n) is 20.8. The first-order valence-electron chi connectivity index (χ1n) is 13.0. The monoisotopic (exact) mass is 512 g/mol. The van der Waals surface area contributed by atoms with Crippen LogP contribution in [0.2, 0.25) is 5.02 Å². The second kappa shape index (κ2) is 12.2. The number of nitrogens with two attached hydrogens (primary N) is 1. The fraction of sp³-hybridized carbons (Fsp3) is 0.593. The number of ether oxygens (including phenoxy) is 1. The molecule has 9 heteroatoms. The molecule has 0 aromatic carbocycles. The van der Waals surface area contributed by atoms with E-state index in [0.29, 0.717) is 48.2 Å². The van der Waals surface area contributed by atoms with Gasteiger partial charge in [0.2, 0.25) is 0 Å². The molecular weight excluding hydrogens is 476 g/mol. The van der Waals surface area contributed by atoms with Crippen LogP contribution in [0.15, 0.2) is 30.5 Å². The number of nitriles is 1. The molecule has 0 spiro atoms. The number of hydrogen-bond donors (Lipinski definition) is 4. The highest BCUT2D eigenvalue weighted by Crippen LogP contribution is 2.34. The van der Waals surface area contributed by atoms with Gasteiger partial charge in [0.1, 0.15) is 11.6 Å². The molecule has 3 aliphatic rings. The summed E-state index contributed by atoms with van der Waals surface area (Å²) in [6.45, 7) is 2.61. The molecule has 0 unspecified atom stereocenters. The lowest BCUT2D eigenvalue weighted by atomic mass is 9.82. The van der Waals surface area contributed by atoms with Crippen molar-refractivity contribution in [1.82, 2.24) is 15.3 Å². The molecule has 5 N–H and O–H groups in total. The summed E-state index contributed by atoms with van der Waals surface area (Å²) in [4.78, 5) is 8.53. The maximum absolute atomic E-state index is 9.60. The molecule has 5 rings (SSSR count). The lowest BCUT2D eigenvalue weighted by Crippen LogP contribution is -2.37. The Bertz CT molecular complexity index is 1040. The van der Waals surface area contributed by atoms with Crippen LogP contribution >= 0.6 is 11.6 Å². The number of nitrogens with one attached hydrogen (secondary N) is 2. The fourth-order valence-corrected chi connectivity index (χ4v) is 4.85. The van der Waals surface area contributed by atoms with Gasteiger partial charge in [0.25, 0.3) is 0 Å². The third-order valence-corrected chi connectivity index (χ3v) is 7.65. The largest absolute Gasteiger partial charge is 0.389 e. The van der Waals surface area contributed by atoms with Gasteiger partial charge < -0.3 is 26.2 Å². The zero-order chi connectivity index (χ0) is 25.4. The van der Waals surface area contributed by atoms with E-state index in [9.17, 15) is 10.4 Å². The molecule has 0 atom stereocenters. The number of anilines is 2. The van der Waals surface area contributed by atoms with Gasteiger partial charge in [-0.25, -0.2) is 9.97 Å². The van der Waals surface area contributed by atoms with Gasteiger partial charge >= 0.3 is 0 Å². The second-order valence-electron chi connectivity index (χ2n) is 10.3. The Hall–Kier alpha value is -2.44. The van der Waals surface area contributed by atoms with Crippen LogP contribution in [0.1, 0.15) is 57.8 Å². The molecule has 1 saturated heterocycles. The first-order valence-corrected chi connectivity index (χ1v) is 13.4. The third kappa shape index (κ3) is 7.53. The van der Waals surface area contributed by atoms with Gasteiger partial charge in [-0.2, -0.15) is 5.26 Å². The summed E-state index contributed by atoms with van der Waals surface area (Å²) in [6, 6.07) is 10.4. The van der Waals surface area contributed by atoms with Crippen molar-refractivity contribution in [2.24, 2.45) is 5.41 Å². The van der Waals surface area contributed by atoms with Crippen molar-refractivity contribution < 1.29 is 9.84 Å². The predicted molar refractivity (Wildman–Crippen MR) is 143 cm³/mol. The van der Waals surface area contributed by atoms with Crippen LogP contribution in [-0.4, -0.2) is 53.0 Å². The minimum Gasteiger partial charge on any atom is -0.389 e. The Morgan fingerprint density at radius 2 is 1.89 bits per heavy atom. The van der Waals surface area contributed by atoms with Crippen LogP contribution in [0.5, 0.6) is 0 Å². The van der Waals surface area contributed by atoms with Gasteiger partial charge in [0.05, 0.1) is 27.8 Å². The van der Waals surface area contributed by atoms with Crippen molar-refractivity contribution in [3.63, 3.8) is 0 Å². The van der Waals surface area contributed by atoms with E-state index in [2.05, 4.69) is 26.7 Å². The van der Waals surface area contributed by atoms with E-state index in [0.717, 1.165) is 37.8 Å². The van der Waals surface area contributed by atoms with Crippen molar-refractivity contribution in [3.8, 4) is 17.3 Å². The lowest BCUT2D eigenvalue weighted by molar-refractivity contribution is 0.0455. The highest BCUT2D eigenvalue weighted by atomic mass is 35.5.